The van der Waals surface area contributed by atoms with Crippen molar-refractivity contribution in [1.29, 1.82) is 0 Å². The van der Waals surface area contributed by atoms with Gasteiger partial charge in [-0.1, -0.05) is 41.0 Å². The van der Waals surface area contributed by atoms with Gasteiger partial charge < -0.3 is 19.7 Å². The smallest absolute Gasteiger partial charge is 0.308 e. The Labute approximate surface area is 213 Å². The molecule has 1 unspecified atom stereocenters. The molecule has 8 heteroatoms. The van der Waals surface area contributed by atoms with Crippen LogP contribution in [-0.2, 0) is 25.5 Å². The molecule has 2 aliphatic rings. The SMILES string of the molecule is Cc1nc(CC(C)[C@@H]2C[C@@H]3O[C@]3(C)CCC[C@H](C)[C@H](O)[C@@H](C)C(=O)C(C)(C)[C@@H](O)CC(=O)O2)cs1. The molecule has 8 atom stereocenters. The van der Waals surface area contributed by atoms with Gasteiger partial charge in [0.25, 0.3) is 0 Å². The molecular weight excluding hydrogens is 466 g/mol. The van der Waals surface area contributed by atoms with E-state index in [0.29, 0.717) is 12.8 Å². The Morgan fingerprint density at radius 2 is 1.91 bits per heavy atom. The molecule has 3 heterocycles. The molecule has 1 aromatic rings. The third-order valence-corrected chi connectivity index (χ3v) is 9.09. The van der Waals surface area contributed by atoms with E-state index in [1.165, 1.54) is 0 Å². The Balaban J connectivity index is 1.80. The van der Waals surface area contributed by atoms with Crippen LogP contribution < -0.4 is 0 Å². The number of fused-ring (bicyclic) bond motifs is 1. The van der Waals surface area contributed by atoms with Gasteiger partial charge in [-0.15, -0.1) is 11.3 Å². The summed E-state index contributed by atoms with van der Waals surface area (Å²) in [4.78, 5) is 30.7. The molecule has 0 saturated carbocycles. The number of aromatic nitrogens is 1. The van der Waals surface area contributed by atoms with Crippen molar-refractivity contribution in [3.8, 4) is 0 Å². The van der Waals surface area contributed by atoms with Crippen LogP contribution in [-0.4, -0.2) is 57.0 Å². The molecule has 2 aliphatic heterocycles. The number of aryl methyl sites for hydroxylation is 1. The minimum atomic E-state index is -1.21. The highest BCUT2D eigenvalue weighted by Crippen LogP contribution is 2.45. The molecule has 0 radical (unpaired) electrons. The number of hydrogen-bond acceptors (Lipinski definition) is 8. The van der Waals surface area contributed by atoms with Crippen LogP contribution in [0, 0.1) is 30.1 Å². The summed E-state index contributed by atoms with van der Waals surface area (Å²) in [7, 11) is 0. The molecule has 7 nitrogen and oxygen atoms in total. The van der Waals surface area contributed by atoms with Crippen molar-refractivity contribution >= 4 is 23.1 Å². The Morgan fingerprint density at radius 1 is 1.23 bits per heavy atom. The van der Waals surface area contributed by atoms with Crippen molar-refractivity contribution < 1.29 is 29.3 Å². The van der Waals surface area contributed by atoms with E-state index in [2.05, 4.69) is 18.8 Å². The Morgan fingerprint density at radius 3 is 2.54 bits per heavy atom. The van der Waals surface area contributed by atoms with Crippen molar-refractivity contribution in [2.24, 2.45) is 23.2 Å². The molecule has 0 aromatic carbocycles. The van der Waals surface area contributed by atoms with Crippen molar-refractivity contribution in [1.82, 2.24) is 4.98 Å². The Bertz CT molecular complexity index is 900. The van der Waals surface area contributed by atoms with Gasteiger partial charge in [-0.2, -0.15) is 0 Å². The number of aliphatic hydroxyl groups is 2. The van der Waals surface area contributed by atoms with Gasteiger partial charge in [0.15, 0.2) is 0 Å². The number of ether oxygens (including phenoxy) is 2. The molecule has 1 aromatic heterocycles. The number of epoxide rings is 1. The van der Waals surface area contributed by atoms with Crippen LogP contribution in [0.4, 0.5) is 0 Å². The summed E-state index contributed by atoms with van der Waals surface area (Å²) in [5.74, 6) is -1.45. The molecule has 0 spiro atoms. The molecule has 0 amide bonds. The second-order valence-electron chi connectivity index (χ2n) is 11.7. The van der Waals surface area contributed by atoms with Crippen LogP contribution >= 0.6 is 11.3 Å². The Kier molecular flexibility index (Phi) is 8.83. The number of ketones is 1. The predicted molar refractivity (Wildman–Crippen MR) is 135 cm³/mol. The number of Topliss-reactive ketones (excluding diaryl/α,β-unsaturated/α-hetero) is 1. The number of nitrogens with zero attached hydrogens (tertiary/aromatic N) is 1. The summed E-state index contributed by atoms with van der Waals surface area (Å²) in [5.41, 5.74) is -0.476. The number of carbonyl (C=O) groups excluding carboxylic acids is 2. The van der Waals surface area contributed by atoms with E-state index in [1.54, 1.807) is 32.1 Å². The average molecular weight is 510 g/mol. The van der Waals surface area contributed by atoms with E-state index >= 15 is 0 Å². The second-order valence-corrected chi connectivity index (χ2v) is 12.7. The van der Waals surface area contributed by atoms with E-state index in [-0.39, 0.29) is 41.8 Å². The lowest BCUT2D eigenvalue weighted by atomic mass is 9.73. The number of thiazole rings is 1. The molecule has 2 saturated heterocycles. The number of carbonyl (C=O) groups is 2. The number of aliphatic hydroxyl groups excluding tert-OH is 2. The van der Waals surface area contributed by atoms with E-state index < -0.39 is 29.5 Å². The van der Waals surface area contributed by atoms with E-state index in [4.69, 9.17) is 9.47 Å². The lowest BCUT2D eigenvalue weighted by Crippen LogP contribution is -2.46. The summed E-state index contributed by atoms with van der Waals surface area (Å²) in [5, 5.41) is 24.8. The number of cyclic esters (lactones) is 1. The first-order chi connectivity index (χ1) is 16.2. The standard InChI is InChI=1S/C27H43NO6S/c1-15-9-8-10-27(7)22(34-27)12-20(16(2)11-19-14-35-18(4)28-19)33-23(30)13-21(29)26(5,6)25(32)17(3)24(15)31/h14-17,20-22,24,29,31H,8-13H2,1-7H3/t15-,16?,17+,20-,21-,22-,24-,27+/m0/s1. The van der Waals surface area contributed by atoms with E-state index in [1.807, 2.05) is 19.2 Å². The molecule has 0 aliphatic carbocycles. The van der Waals surface area contributed by atoms with Gasteiger partial charge in [0, 0.05) is 17.7 Å². The second kappa shape index (κ2) is 11.0. The molecule has 35 heavy (non-hydrogen) atoms. The van der Waals surface area contributed by atoms with Crippen LogP contribution in [0.15, 0.2) is 5.38 Å². The van der Waals surface area contributed by atoms with Crippen molar-refractivity contribution in [3.05, 3.63) is 16.1 Å². The zero-order valence-corrected chi connectivity index (χ0v) is 23.1. The number of esters is 1. The molecule has 0 bridgehead atoms. The van der Waals surface area contributed by atoms with Gasteiger partial charge in [-0.3, -0.25) is 9.59 Å². The lowest BCUT2D eigenvalue weighted by Gasteiger charge is -2.34. The monoisotopic (exact) mass is 509 g/mol. The molecule has 3 rings (SSSR count). The normalized spacial score (nSPS) is 37.9. The third kappa shape index (κ3) is 6.70. The van der Waals surface area contributed by atoms with Gasteiger partial charge in [0.05, 0.1) is 46.5 Å². The van der Waals surface area contributed by atoms with Crippen molar-refractivity contribution in [3.63, 3.8) is 0 Å². The minimum absolute atomic E-state index is 0.00470. The average Bonchev–Trinajstić information content (AvgIpc) is 3.22. The van der Waals surface area contributed by atoms with Gasteiger partial charge >= 0.3 is 5.97 Å². The van der Waals surface area contributed by atoms with Crippen LogP contribution in [0.5, 0.6) is 0 Å². The summed E-state index contributed by atoms with van der Waals surface area (Å²) in [6.45, 7) is 13.1. The fourth-order valence-electron chi connectivity index (χ4n) is 5.35. The maximum Gasteiger partial charge on any atom is 0.308 e. The van der Waals surface area contributed by atoms with E-state index in [9.17, 15) is 19.8 Å². The highest BCUT2D eigenvalue weighted by Gasteiger charge is 2.53. The van der Waals surface area contributed by atoms with Crippen LogP contribution in [0.3, 0.4) is 0 Å². The topological polar surface area (TPSA) is 109 Å². The fraction of sp³-hybridized carbons (Fsp3) is 0.815. The maximum absolute atomic E-state index is 13.2. The van der Waals surface area contributed by atoms with Gasteiger partial charge in [0.2, 0.25) is 0 Å². The highest BCUT2D eigenvalue weighted by atomic mass is 32.1. The molecule has 2 fully saturated rings. The quantitative estimate of drug-likeness (QED) is 0.463. The molecule has 198 valence electrons. The number of hydrogen-bond donors (Lipinski definition) is 2. The summed E-state index contributed by atoms with van der Waals surface area (Å²) in [6, 6.07) is 0. The predicted octanol–water partition coefficient (Wildman–Crippen LogP) is 4.25. The van der Waals surface area contributed by atoms with Gasteiger partial charge in [0.1, 0.15) is 11.9 Å². The summed E-state index contributed by atoms with van der Waals surface area (Å²) < 4.78 is 12.0. The fourth-order valence-corrected chi connectivity index (χ4v) is 5.98. The number of rotatable bonds is 3. The highest BCUT2D eigenvalue weighted by molar-refractivity contribution is 7.09. The molecular formula is C27H43NO6S. The van der Waals surface area contributed by atoms with Crippen molar-refractivity contribution in [2.45, 2.75) is 117 Å². The minimum Gasteiger partial charge on any atom is -0.462 e. The lowest BCUT2D eigenvalue weighted by molar-refractivity contribution is -0.158. The summed E-state index contributed by atoms with van der Waals surface area (Å²) >= 11 is 1.60. The summed E-state index contributed by atoms with van der Waals surface area (Å²) in [6.07, 6.45) is 1.09. The van der Waals surface area contributed by atoms with Gasteiger partial charge in [-0.05, 0) is 44.9 Å². The first kappa shape index (κ1) is 28.2. The Hall–Kier alpha value is -1.35. The van der Waals surface area contributed by atoms with Crippen LogP contribution in [0.2, 0.25) is 0 Å². The first-order valence-corrected chi connectivity index (χ1v) is 13.8. The third-order valence-electron chi connectivity index (χ3n) is 8.27. The first-order valence-electron chi connectivity index (χ1n) is 12.9. The van der Waals surface area contributed by atoms with E-state index in [0.717, 1.165) is 30.0 Å². The van der Waals surface area contributed by atoms with Crippen LogP contribution in [0.1, 0.15) is 84.3 Å². The zero-order chi connectivity index (χ0) is 26.1. The van der Waals surface area contributed by atoms with Crippen LogP contribution in [0.25, 0.3) is 0 Å². The maximum atomic E-state index is 13.2. The van der Waals surface area contributed by atoms with Crippen molar-refractivity contribution in [2.75, 3.05) is 0 Å². The molecule has 2 N–H and O–H groups in total. The zero-order valence-electron chi connectivity index (χ0n) is 22.2. The largest absolute Gasteiger partial charge is 0.462 e. The van der Waals surface area contributed by atoms with Gasteiger partial charge in [-0.25, -0.2) is 4.98 Å².